The standard InChI is InChI=1S/C21H30N4O/c1-6-9-10-11-17(4)25-20(16-24-14-12-23(5)13-15-24)22-19(8-3)18(7-2)21(25)26/h6-11H,1,12-16H2,2-5H3/b10-9-,17-11+,18-7+,19-8+. The first-order valence-corrected chi connectivity index (χ1v) is 9.13. The second kappa shape index (κ2) is 9.46. The molecule has 0 unspecified atom stereocenters. The molecular formula is C21H30N4O. The lowest BCUT2D eigenvalue weighted by molar-refractivity contribution is 0.144. The largest absolute Gasteiger partial charge is 0.304 e. The van der Waals surface area contributed by atoms with Crippen LogP contribution < -0.4 is 16.1 Å². The van der Waals surface area contributed by atoms with Crippen LogP contribution in [0.25, 0.3) is 17.8 Å². The van der Waals surface area contributed by atoms with Crippen molar-refractivity contribution in [3.8, 4) is 0 Å². The van der Waals surface area contributed by atoms with Crippen molar-refractivity contribution >= 4 is 17.8 Å². The van der Waals surface area contributed by atoms with Crippen LogP contribution in [-0.2, 0) is 6.54 Å². The highest BCUT2D eigenvalue weighted by Crippen LogP contribution is 2.08. The van der Waals surface area contributed by atoms with Gasteiger partial charge in [0.15, 0.2) is 0 Å². The first-order chi connectivity index (χ1) is 12.5. The van der Waals surface area contributed by atoms with Crippen LogP contribution in [0, 0.1) is 0 Å². The Balaban J connectivity index is 2.56. The minimum atomic E-state index is -0.0134. The summed E-state index contributed by atoms with van der Waals surface area (Å²) >= 11 is 0. The van der Waals surface area contributed by atoms with Gasteiger partial charge in [-0.25, -0.2) is 4.98 Å². The van der Waals surface area contributed by atoms with Crippen molar-refractivity contribution in [2.75, 3.05) is 33.2 Å². The average molecular weight is 354 g/mol. The van der Waals surface area contributed by atoms with Crippen molar-refractivity contribution in [3.63, 3.8) is 0 Å². The van der Waals surface area contributed by atoms with Crippen molar-refractivity contribution in [3.05, 3.63) is 57.6 Å². The van der Waals surface area contributed by atoms with E-state index in [1.165, 1.54) is 0 Å². The molecule has 0 atom stereocenters. The molecule has 1 aromatic rings. The lowest BCUT2D eigenvalue weighted by Crippen LogP contribution is -2.50. The summed E-state index contributed by atoms with van der Waals surface area (Å²) < 4.78 is 1.74. The Hall–Kier alpha value is -2.24. The molecule has 26 heavy (non-hydrogen) atoms. The Morgan fingerprint density at radius 3 is 2.42 bits per heavy atom. The second-order valence-electron chi connectivity index (χ2n) is 6.55. The molecule has 1 aromatic heterocycles. The van der Waals surface area contributed by atoms with Crippen molar-refractivity contribution in [2.45, 2.75) is 27.3 Å². The summed E-state index contributed by atoms with van der Waals surface area (Å²) in [6.07, 6.45) is 11.1. The number of hydrogen-bond donors (Lipinski definition) is 0. The van der Waals surface area contributed by atoms with Gasteiger partial charge in [0, 0.05) is 31.9 Å². The van der Waals surface area contributed by atoms with E-state index in [0.717, 1.165) is 43.0 Å². The maximum absolute atomic E-state index is 13.1. The van der Waals surface area contributed by atoms with E-state index >= 15 is 0 Å². The van der Waals surface area contributed by atoms with E-state index in [4.69, 9.17) is 4.98 Å². The number of likely N-dealkylation sites (N-methyl/N-ethyl adjacent to an activating group) is 1. The zero-order valence-corrected chi connectivity index (χ0v) is 16.4. The summed E-state index contributed by atoms with van der Waals surface area (Å²) in [6.45, 7) is 14.1. The smallest absolute Gasteiger partial charge is 0.265 e. The van der Waals surface area contributed by atoms with Gasteiger partial charge in [-0.1, -0.05) is 37.0 Å². The fraction of sp³-hybridized carbons (Fsp3) is 0.429. The SMILES string of the molecule is C=C/C=C\C=C(/C)n1c(CN2CCN(C)CC2)nc(=C/C)/c(=C\C)c1=O. The second-order valence-corrected chi connectivity index (χ2v) is 6.55. The number of piperazine rings is 1. The molecule has 0 radical (unpaired) electrons. The fourth-order valence-corrected chi connectivity index (χ4v) is 3.11. The predicted molar refractivity (Wildman–Crippen MR) is 110 cm³/mol. The van der Waals surface area contributed by atoms with Gasteiger partial charge in [-0.15, -0.1) is 0 Å². The molecule has 0 aromatic carbocycles. The minimum Gasteiger partial charge on any atom is -0.304 e. The van der Waals surface area contributed by atoms with Gasteiger partial charge in [0.05, 0.1) is 17.1 Å². The van der Waals surface area contributed by atoms with E-state index < -0.39 is 0 Å². The van der Waals surface area contributed by atoms with Crippen LogP contribution in [0.2, 0.25) is 0 Å². The molecule has 1 saturated heterocycles. The summed E-state index contributed by atoms with van der Waals surface area (Å²) in [5.74, 6) is 0.791. The van der Waals surface area contributed by atoms with Crippen LogP contribution in [0.15, 0.2) is 35.7 Å². The van der Waals surface area contributed by atoms with E-state index in [-0.39, 0.29) is 5.56 Å². The summed E-state index contributed by atoms with van der Waals surface area (Å²) in [6, 6.07) is 0. The molecule has 1 aliphatic heterocycles. The van der Waals surface area contributed by atoms with E-state index in [2.05, 4.69) is 23.4 Å². The quantitative estimate of drug-likeness (QED) is 0.745. The third-order valence-electron chi connectivity index (χ3n) is 4.68. The third-order valence-corrected chi connectivity index (χ3v) is 4.68. The van der Waals surface area contributed by atoms with Crippen molar-refractivity contribution in [1.82, 2.24) is 19.4 Å². The lowest BCUT2D eigenvalue weighted by atomic mass is 10.2. The van der Waals surface area contributed by atoms with Crippen LogP contribution in [0.3, 0.4) is 0 Å². The monoisotopic (exact) mass is 354 g/mol. The summed E-state index contributed by atoms with van der Waals surface area (Å²) in [5.41, 5.74) is 0.843. The Kier molecular flexibility index (Phi) is 7.30. The lowest BCUT2D eigenvalue weighted by Gasteiger charge is -2.32. The Morgan fingerprint density at radius 1 is 1.15 bits per heavy atom. The Bertz CT molecular complexity index is 868. The fourth-order valence-electron chi connectivity index (χ4n) is 3.11. The third kappa shape index (κ3) is 4.68. The molecule has 1 aliphatic rings. The molecule has 2 rings (SSSR count). The normalized spacial score (nSPS) is 18.8. The van der Waals surface area contributed by atoms with Crippen LogP contribution in [0.4, 0.5) is 0 Å². The molecule has 0 N–H and O–H groups in total. The maximum atomic E-state index is 13.1. The van der Waals surface area contributed by atoms with Gasteiger partial charge >= 0.3 is 0 Å². The number of hydrogen-bond acceptors (Lipinski definition) is 4. The number of rotatable bonds is 5. The maximum Gasteiger partial charge on any atom is 0.265 e. The highest BCUT2D eigenvalue weighted by Gasteiger charge is 2.17. The molecule has 0 aliphatic carbocycles. The molecular weight excluding hydrogens is 324 g/mol. The van der Waals surface area contributed by atoms with Crippen molar-refractivity contribution in [1.29, 1.82) is 0 Å². The predicted octanol–water partition coefficient (Wildman–Crippen LogP) is 1.19. The van der Waals surface area contributed by atoms with Crippen molar-refractivity contribution in [2.24, 2.45) is 0 Å². The zero-order chi connectivity index (χ0) is 19.1. The van der Waals surface area contributed by atoms with Crippen LogP contribution >= 0.6 is 0 Å². The summed E-state index contributed by atoms with van der Waals surface area (Å²) in [4.78, 5) is 22.6. The number of nitrogens with zero attached hydrogens (tertiary/aromatic N) is 4. The number of aromatic nitrogens is 2. The van der Waals surface area contributed by atoms with E-state index in [9.17, 15) is 4.79 Å². The number of allylic oxidation sites excluding steroid dienone is 5. The first kappa shape index (κ1) is 20.1. The van der Waals surface area contributed by atoms with E-state index in [1.807, 2.05) is 51.2 Å². The van der Waals surface area contributed by atoms with Gasteiger partial charge in [-0.05, 0) is 33.9 Å². The molecule has 0 spiro atoms. The molecule has 0 bridgehead atoms. The van der Waals surface area contributed by atoms with Gasteiger partial charge in [0.1, 0.15) is 5.82 Å². The Labute approximate surface area is 156 Å². The molecule has 5 heteroatoms. The van der Waals surface area contributed by atoms with Gasteiger partial charge < -0.3 is 4.90 Å². The van der Waals surface area contributed by atoms with Crippen LogP contribution in [0.5, 0.6) is 0 Å². The van der Waals surface area contributed by atoms with Crippen molar-refractivity contribution < 1.29 is 0 Å². The van der Waals surface area contributed by atoms with Gasteiger partial charge in [-0.3, -0.25) is 14.3 Å². The molecule has 5 nitrogen and oxygen atoms in total. The van der Waals surface area contributed by atoms with Gasteiger partial charge in [0.2, 0.25) is 0 Å². The van der Waals surface area contributed by atoms with E-state index in [0.29, 0.717) is 11.8 Å². The molecule has 2 heterocycles. The van der Waals surface area contributed by atoms with Crippen LogP contribution in [-0.4, -0.2) is 52.6 Å². The molecule has 0 amide bonds. The minimum absolute atomic E-state index is 0.0134. The first-order valence-electron chi connectivity index (χ1n) is 9.13. The van der Waals surface area contributed by atoms with Gasteiger partial charge in [0.25, 0.3) is 5.56 Å². The van der Waals surface area contributed by atoms with Crippen LogP contribution in [0.1, 0.15) is 26.6 Å². The van der Waals surface area contributed by atoms with Gasteiger partial charge in [-0.2, -0.15) is 0 Å². The van der Waals surface area contributed by atoms with E-state index in [1.54, 1.807) is 10.6 Å². The zero-order valence-electron chi connectivity index (χ0n) is 16.4. The summed E-state index contributed by atoms with van der Waals surface area (Å²) in [5, 5.41) is 1.40. The highest BCUT2D eigenvalue weighted by molar-refractivity contribution is 5.47. The average Bonchev–Trinajstić information content (AvgIpc) is 2.63. The molecule has 1 fully saturated rings. The molecule has 0 saturated carbocycles. The Morgan fingerprint density at radius 2 is 1.85 bits per heavy atom. The topological polar surface area (TPSA) is 41.4 Å². The summed E-state index contributed by atoms with van der Waals surface area (Å²) in [7, 11) is 2.14. The highest BCUT2D eigenvalue weighted by atomic mass is 16.1. The molecule has 140 valence electrons.